The number of aryl methyl sites for hydroxylation is 1. The van der Waals surface area contributed by atoms with Gasteiger partial charge in [0.15, 0.2) is 0 Å². The highest BCUT2D eigenvalue weighted by Crippen LogP contribution is 2.24. The molecule has 1 atom stereocenters. The van der Waals surface area contributed by atoms with Crippen LogP contribution in [-0.2, 0) is 16.0 Å². The van der Waals surface area contributed by atoms with Gasteiger partial charge < -0.3 is 5.32 Å². The fourth-order valence-electron chi connectivity index (χ4n) is 2.66. The van der Waals surface area contributed by atoms with Crippen molar-refractivity contribution in [3.05, 3.63) is 70.8 Å². The molecule has 0 spiro atoms. The molecule has 1 amide bonds. The maximum absolute atomic E-state index is 12.2. The van der Waals surface area contributed by atoms with Gasteiger partial charge in [-0.15, -0.1) is 11.8 Å². The summed E-state index contributed by atoms with van der Waals surface area (Å²) in [5.74, 6) is 1.44. The van der Waals surface area contributed by atoms with Crippen LogP contribution < -0.4 is 5.32 Å². The number of benzene rings is 2. The van der Waals surface area contributed by atoms with Crippen LogP contribution >= 0.6 is 11.8 Å². The minimum Gasteiger partial charge on any atom is -0.349 e. The second-order valence-electron chi connectivity index (χ2n) is 7.58. The number of hydrogen-bond donors (Lipinski definition) is 1. The molecule has 0 aromatic heterocycles. The third-order valence-corrected chi connectivity index (χ3v) is 5.39. The van der Waals surface area contributed by atoms with Gasteiger partial charge >= 0.3 is 0 Å². The highest BCUT2D eigenvalue weighted by atomic mass is 32.2. The minimum atomic E-state index is 0.0283. The molecule has 1 N–H and O–H groups in total. The fourth-order valence-corrected chi connectivity index (χ4v) is 3.58. The van der Waals surface area contributed by atoms with Crippen molar-refractivity contribution in [2.24, 2.45) is 0 Å². The number of rotatable bonds is 6. The zero-order valence-electron chi connectivity index (χ0n) is 15.9. The van der Waals surface area contributed by atoms with E-state index in [4.69, 9.17) is 0 Å². The Balaban J connectivity index is 1.82. The summed E-state index contributed by atoms with van der Waals surface area (Å²) in [6.45, 7) is 10.8. The van der Waals surface area contributed by atoms with Crippen molar-refractivity contribution in [2.45, 2.75) is 51.8 Å². The molecule has 3 heteroatoms. The average Bonchev–Trinajstić information content (AvgIpc) is 2.56. The lowest BCUT2D eigenvalue weighted by Gasteiger charge is -2.20. The van der Waals surface area contributed by atoms with Crippen molar-refractivity contribution in [1.29, 1.82) is 0 Å². The molecule has 25 heavy (non-hydrogen) atoms. The van der Waals surface area contributed by atoms with Crippen LogP contribution in [0.2, 0.25) is 0 Å². The third-order valence-electron chi connectivity index (χ3n) is 4.41. The average molecular weight is 356 g/mol. The van der Waals surface area contributed by atoms with Gasteiger partial charge in [0, 0.05) is 5.75 Å². The second kappa shape index (κ2) is 8.57. The van der Waals surface area contributed by atoms with Crippen LogP contribution in [-0.4, -0.2) is 11.7 Å². The Morgan fingerprint density at radius 2 is 1.72 bits per heavy atom. The fraction of sp³-hybridized carbons (Fsp3) is 0.409. The van der Waals surface area contributed by atoms with Crippen molar-refractivity contribution >= 4 is 17.7 Å². The van der Waals surface area contributed by atoms with E-state index in [0.717, 1.165) is 11.3 Å². The number of nitrogens with one attached hydrogen (secondary N) is 1. The molecule has 0 saturated carbocycles. The predicted molar refractivity (Wildman–Crippen MR) is 109 cm³/mol. The van der Waals surface area contributed by atoms with Crippen molar-refractivity contribution in [2.75, 3.05) is 5.75 Å². The Hall–Kier alpha value is -1.74. The van der Waals surface area contributed by atoms with Crippen molar-refractivity contribution in [3.63, 3.8) is 0 Å². The third kappa shape index (κ3) is 5.93. The summed E-state index contributed by atoms with van der Waals surface area (Å²) in [4.78, 5) is 12.2. The molecule has 0 radical (unpaired) electrons. The number of hydrogen-bond acceptors (Lipinski definition) is 2. The summed E-state index contributed by atoms with van der Waals surface area (Å²) in [5, 5.41) is 3.10. The first-order chi connectivity index (χ1) is 11.8. The lowest BCUT2D eigenvalue weighted by atomic mass is 9.86. The van der Waals surface area contributed by atoms with Crippen LogP contribution in [0.5, 0.6) is 0 Å². The van der Waals surface area contributed by atoms with Crippen LogP contribution in [0.1, 0.15) is 56.0 Å². The molecule has 0 saturated heterocycles. The summed E-state index contributed by atoms with van der Waals surface area (Å²) < 4.78 is 0. The summed E-state index contributed by atoms with van der Waals surface area (Å²) in [6.07, 6.45) is 0. The van der Waals surface area contributed by atoms with Crippen LogP contribution in [0.15, 0.2) is 48.5 Å². The Kier molecular flexibility index (Phi) is 6.71. The number of amides is 1. The lowest BCUT2D eigenvalue weighted by molar-refractivity contribution is -0.119. The van der Waals surface area contributed by atoms with Crippen molar-refractivity contribution in [1.82, 2.24) is 5.32 Å². The highest BCUT2D eigenvalue weighted by molar-refractivity contribution is 7.99. The molecule has 0 unspecified atom stereocenters. The summed E-state index contributed by atoms with van der Waals surface area (Å²) in [5.41, 5.74) is 5.18. The molecule has 2 rings (SSSR count). The molecular weight excluding hydrogens is 326 g/mol. The summed E-state index contributed by atoms with van der Waals surface area (Å²) in [6, 6.07) is 16.9. The zero-order chi connectivity index (χ0) is 18.4. The highest BCUT2D eigenvalue weighted by Gasteiger charge is 2.15. The molecule has 0 bridgehead atoms. The van der Waals surface area contributed by atoms with Crippen molar-refractivity contribution < 1.29 is 4.79 Å². The van der Waals surface area contributed by atoms with E-state index in [1.165, 1.54) is 16.7 Å². The zero-order valence-corrected chi connectivity index (χ0v) is 16.7. The molecular formula is C22H29NOS. The molecule has 2 nitrogen and oxygen atoms in total. The van der Waals surface area contributed by atoms with E-state index in [1.54, 1.807) is 11.8 Å². The number of thioether (sulfide) groups is 1. The SMILES string of the molecule is Cc1ccccc1CSCC(=O)N[C@H](C)c1ccc(C(C)(C)C)cc1. The Bertz CT molecular complexity index is 701. The summed E-state index contributed by atoms with van der Waals surface area (Å²) in [7, 11) is 0. The number of carbonyl (C=O) groups is 1. The molecule has 0 aliphatic heterocycles. The minimum absolute atomic E-state index is 0.0283. The standard InChI is InChI=1S/C22H29NOS/c1-16-8-6-7-9-19(16)14-25-15-21(24)23-17(2)18-10-12-20(13-11-18)22(3,4)5/h6-13,17H,14-15H2,1-5H3,(H,23,24)/t17-/m1/s1. The Morgan fingerprint density at radius 1 is 1.08 bits per heavy atom. The molecule has 0 fully saturated rings. The molecule has 2 aromatic carbocycles. The van der Waals surface area contributed by atoms with Gasteiger partial charge in [-0.1, -0.05) is 69.3 Å². The summed E-state index contributed by atoms with van der Waals surface area (Å²) >= 11 is 1.66. The molecule has 0 heterocycles. The van der Waals surface area contributed by atoms with Gasteiger partial charge in [-0.2, -0.15) is 0 Å². The van der Waals surface area contributed by atoms with E-state index >= 15 is 0 Å². The lowest BCUT2D eigenvalue weighted by Crippen LogP contribution is -2.28. The molecule has 0 aliphatic carbocycles. The number of carbonyl (C=O) groups excluding carboxylic acids is 1. The van der Waals surface area contributed by atoms with E-state index in [9.17, 15) is 4.79 Å². The van der Waals surface area contributed by atoms with E-state index in [1.807, 2.05) is 19.1 Å². The largest absolute Gasteiger partial charge is 0.349 e. The van der Waals surface area contributed by atoms with Gasteiger partial charge in [0.2, 0.25) is 5.91 Å². The van der Waals surface area contributed by atoms with E-state index in [2.05, 4.69) is 69.4 Å². The van der Waals surface area contributed by atoms with E-state index < -0.39 is 0 Å². The molecule has 2 aromatic rings. The topological polar surface area (TPSA) is 29.1 Å². The van der Waals surface area contributed by atoms with Gasteiger partial charge in [0.25, 0.3) is 0 Å². The smallest absolute Gasteiger partial charge is 0.230 e. The first kappa shape index (κ1) is 19.6. The first-order valence-corrected chi connectivity index (χ1v) is 9.95. The van der Waals surface area contributed by atoms with E-state index in [0.29, 0.717) is 5.75 Å². The Labute approximate surface area is 156 Å². The maximum atomic E-state index is 12.2. The van der Waals surface area contributed by atoms with Gasteiger partial charge in [0.1, 0.15) is 0 Å². The van der Waals surface area contributed by atoms with Gasteiger partial charge in [0.05, 0.1) is 11.8 Å². The van der Waals surface area contributed by atoms with Crippen LogP contribution in [0.4, 0.5) is 0 Å². The van der Waals surface area contributed by atoms with Gasteiger partial charge in [-0.05, 0) is 41.5 Å². The quantitative estimate of drug-likeness (QED) is 0.751. The van der Waals surface area contributed by atoms with Gasteiger partial charge in [-0.3, -0.25) is 4.79 Å². The van der Waals surface area contributed by atoms with Crippen molar-refractivity contribution in [3.8, 4) is 0 Å². The Morgan fingerprint density at radius 3 is 2.32 bits per heavy atom. The normalized spacial score (nSPS) is 12.7. The van der Waals surface area contributed by atoms with Gasteiger partial charge in [-0.25, -0.2) is 0 Å². The van der Waals surface area contributed by atoms with Crippen LogP contribution in [0.3, 0.4) is 0 Å². The van der Waals surface area contributed by atoms with E-state index in [-0.39, 0.29) is 17.4 Å². The molecule has 0 aliphatic rings. The predicted octanol–water partition coefficient (Wildman–Crippen LogP) is 5.40. The maximum Gasteiger partial charge on any atom is 0.230 e. The van der Waals surface area contributed by atoms with Crippen LogP contribution in [0, 0.1) is 6.92 Å². The second-order valence-corrected chi connectivity index (χ2v) is 8.57. The monoisotopic (exact) mass is 355 g/mol. The first-order valence-electron chi connectivity index (χ1n) is 8.79. The molecule has 134 valence electrons. The van der Waals surface area contributed by atoms with Crippen LogP contribution in [0.25, 0.3) is 0 Å².